The van der Waals surface area contributed by atoms with Gasteiger partial charge in [-0.05, 0) is 18.6 Å². The summed E-state index contributed by atoms with van der Waals surface area (Å²) in [6, 6.07) is -0.139. The Morgan fingerprint density at radius 1 is 1.10 bits per heavy atom. The quantitative estimate of drug-likeness (QED) is 0.642. The Morgan fingerprint density at radius 3 is 1.97 bits per heavy atom. The van der Waals surface area contributed by atoms with Crippen LogP contribution in [-0.4, -0.2) is 60.4 Å². The highest BCUT2D eigenvalue weighted by molar-refractivity contribution is 5.95. The van der Waals surface area contributed by atoms with Crippen LogP contribution in [0.4, 0.5) is 30.7 Å². The standard InChI is InChI=1S/C15H15F7N2O3.C2H6.CH4O/c1-26-9(6-16)4-8-5-12(25)27-13(23-8)7-2-10(14(17,18)19)24-11(3-7)15(20,21)22;2*1-2/h2-3,8-9,12,25H,4-6H2,1H3;1-2H3;2H,1H3. The van der Waals surface area contributed by atoms with Crippen LogP contribution >= 0.6 is 0 Å². The normalized spacial score (nSPS) is 19.7. The molecule has 1 aromatic heterocycles. The van der Waals surface area contributed by atoms with Crippen molar-refractivity contribution < 1.29 is 50.4 Å². The van der Waals surface area contributed by atoms with E-state index >= 15 is 0 Å². The van der Waals surface area contributed by atoms with E-state index in [9.17, 15) is 35.8 Å². The molecule has 3 atom stereocenters. The lowest BCUT2D eigenvalue weighted by Crippen LogP contribution is -2.33. The van der Waals surface area contributed by atoms with Crippen molar-refractivity contribution in [3.63, 3.8) is 0 Å². The third-order valence-corrected chi connectivity index (χ3v) is 3.71. The number of alkyl halides is 7. The van der Waals surface area contributed by atoms with Crippen LogP contribution < -0.4 is 0 Å². The SMILES string of the molecule is CC.CO.COC(CF)CC1CC(O)OC(c2cc(C(F)(F)F)nc(C(F)(F)F)c2)=N1. The minimum atomic E-state index is -5.14. The van der Waals surface area contributed by atoms with Crippen LogP contribution in [0.5, 0.6) is 0 Å². The number of aliphatic imine (C=N–C) groups is 1. The topological polar surface area (TPSA) is 84.2 Å². The molecule has 0 aromatic carbocycles. The molecule has 0 amide bonds. The second kappa shape index (κ2) is 12.8. The zero-order valence-corrected chi connectivity index (χ0v) is 17.3. The van der Waals surface area contributed by atoms with E-state index in [0.717, 1.165) is 7.11 Å². The number of methoxy groups -OCH3 is 1. The highest BCUT2D eigenvalue weighted by Crippen LogP contribution is 2.34. The van der Waals surface area contributed by atoms with Crippen LogP contribution in [0.15, 0.2) is 17.1 Å². The largest absolute Gasteiger partial charge is 0.448 e. The van der Waals surface area contributed by atoms with E-state index in [1.165, 1.54) is 7.11 Å². The predicted molar refractivity (Wildman–Crippen MR) is 97.2 cm³/mol. The van der Waals surface area contributed by atoms with Crippen LogP contribution in [0.2, 0.25) is 0 Å². The average molecular weight is 466 g/mol. The van der Waals surface area contributed by atoms with Crippen molar-refractivity contribution in [2.24, 2.45) is 4.99 Å². The highest BCUT2D eigenvalue weighted by atomic mass is 19.4. The summed E-state index contributed by atoms with van der Waals surface area (Å²) in [5.74, 6) is -0.620. The Bertz CT molecular complexity index is 660. The predicted octanol–water partition coefficient (Wildman–Crippen LogP) is 3.98. The first kappa shape index (κ1) is 29.0. The van der Waals surface area contributed by atoms with Gasteiger partial charge in [-0.1, -0.05) is 13.8 Å². The number of ether oxygens (including phenoxy) is 2. The second-order valence-electron chi connectivity index (χ2n) is 5.77. The molecule has 1 aliphatic rings. The van der Waals surface area contributed by atoms with Crippen molar-refractivity contribution in [2.75, 3.05) is 20.9 Å². The molecule has 6 nitrogen and oxygen atoms in total. The molecule has 2 heterocycles. The Morgan fingerprint density at radius 2 is 1.58 bits per heavy atom. The molecule has 0 aliphatic carbocycles. The molecule has 1 aliphatic heterocycles. The highest BCUT2D eigenvalue weighted by Gasteiger charge is 2.40. The molecule has 13 heteroatoms. The molecule has 0 radical (unpaired) electrons. The fourth-order valence-electron chi connectivity index (χ4n) is 2.42. The van der Waals surface area contributed by atoms with Crippen molar-refractivity contribution in [1.82, 2.24) is 4.98 Å². The number of rotatable bonds is 5. The lowest BCUT2D eigenvalue weighted by atomic mass is 10.0. The average Bonchev–Trinajstić information content (AvgIpc) is 2.73. The van der Waals surface area contributed by atoms with Gasteiger partial charge in [-0.2, -0.15) is 26.3 Å². The third kappa shape index (κ3) is 8.95. The van der Waals surface area contributed by atoms with Crippen LogP contribution in [0.3, 0.4) is 0 Å². The van der Waals surface area contributed by atoms with Gasteiger partial charge in [-0.3, -0.25) is 0 Å². The fraction of sp³-hybridized carbons (Fsp3) is 0.667. The van der Waals surface area contributed by atoms with Gasteiger partial charge >= 0.3 is 12.4 Å². The van der Waals surface area contributed by atoms with Gasteiger partial charge in [0, 0.05) is 26.2 Å². The van der Waals surface area contributed by atoms with E-state index in [1.807, 2.05) is 13.8 Å². The van der Waals surface area contributed by atoms with Crippen molar-refractivity contribution in [1.29, 1.82) is 0 Å². The number of aliphatic hydroxyl groups excluding tert-OH is 2. The molecule has 0 saturated heterocycles. The van der Waals surface area contributed by atoms with Crippen molar-refractivity contribution >= 4 is 5.90 Å². The number of hydrogen-bond acceptors (Lipinski definition) is 6. The maximum absolute atomic E-state index is 12.9. The maximum Gasteiger partial charge on any atom is 0.433 e. The third-order valence-electron chi connectivity index (χ3n) is 3.71. The van der Waals surface area contributed by atoms with Gasteiger partial charge in [-0.25, -0.2) is 14.4 Å². The molecule has 2 N–H and O–H groups in total. The van der Waals surface area contributed by atoms with Gasteiger partial charge in [0.2, 0.25) is 12.2 Å². The summed E-state index contributed by atoms with van der Waals surface area (Å²) in [4.78, 5) is 6.50. The summed E-state index contributed by atoms with van der Waals surface area (Å²) < 4.78 is 99.9. The summed E-state index contributed by atoms with van der Waals surface area (Å²) in [6.45, 7) is 3.13. The van der Waals surface area contributed by atoms with Crippen LogP contribution in [-0.2, 0) is 21.8 Å². The monoisotopic (exact) mass is 466 g/mol. The van der Waals surface area contributed by atoms with Gasteiger partial charge in [0.15, 0.2) is 0 Å². The van der Waals surface area contributed by atoms with E-state index in [4.69, 9.17) is 14.6 Å². The van der Waals surface area contributed by atoms with Crippen molar-refractivity contribution in [3.05, 3.63) is 29.1 Å². The number of aromatic nitrogens is 1. The first-order valence-electron chi connectivity index (χ1n) is 9.07. The van der Waals surface area contributed by atoms with Gasteiger partial charge in [0.05, 0.1) is 12.1 Å². The van der Waals surface area contributed by atoms with Gasteiger partial charge in [0.1, 0.15) is 18.1 Å². The molecule has 0 fully saturated rings. The minimum Gasteiger partial charge on any atom is -0.448 e. The Hall–Kier alpha value is -1.99. The Labute approximate surface area is 174 Å². The van der Waals surface area contributed by atoms with Gasteiger partial charge in [-0.15, -0.1) is 0 Å². The lowest BCUT2D eigenvalue weighted by Gasteiger charge is -2.27. The molecular weight excluding hydrogens is 441 g/mol. The minimum absolute atomic E-state index is 0.0414. The van der Waals surface area contributed by atoms with Crippen molar-refractivity contribution in [3.8, 4) is 0 Å². The summed E-state index contributed by atoms with van der Waals surface area (Å²) >= 11 is 0. The Balaban J connectivity index is 0.00000212. The number of aliphatic hydroxyl groups is 2. The molecule has 3 unspecified atom stereocenters. The van der Waals surface area contributed by atoms with Gasteiger partial charge < -0.3 is 19.7 Å². The molecule has 0 spiro atoms. The first-order chi connectivity index (χ1) is 14.4. The number of nitrogens with zero attached hydrogens (tertiary/aromatic N) is 2. The Kier molecular flexibility index (Phi) is 11.9. The van der Waals surface area contributed by atoms with Crippen molar-refractivity contribution in [2.45, 2.75) is 57.5 Å². The smallest absolute Gasteiger partial charge is 0.433 e. The second-order valence-corrected chi connectivity index (χ2v) is 5.77. The summed E-state index contributed by atoms with van der Waals surface area (Å²) in [7, 11) is 2.23. The van der Waals surface area contributed by atoms with E-state index in [2.05, 4.69) is 9.98 Å². The first-order valence-corrected chi connectivity index (χ1v) is 9.07. The molecule has 180 valence electrons. The molecule has 0 bridgehead atoms. The van der Waals surface area contributed by atoms with Crippen LogP contribution in [0.1, 0.15) is 43.6 Å². The molecular formula is C18H25F7N2O4. The van der Waals surface area contributed by atoms with E-state index in [-0.39, 0.29) is 12.8 Å². The summed E-state index contributed by atoms with van der Waals surface area (Å²) in [6.07, 6.45) is -12.9. The van der Waals surface area contributed by atoms with Crippen LogP contribution in [0.25, 0.3) is 0 Å². The summed E-state index contributed by atoms with van der Waals surface area (Å²) in [5, 5.41) is 16.7. The van der Waals surface area contributed by atoms with E-state index in [0.29, 0.717) is 12.1 Å². The van der Waals surface area contributed by atoms with E-state index in [1.54, 1.807) is 0 Å². The van der Waals surface area contributed by atoms with Crippen LogP contribution in [0, 0.1) is 0 Å². The molecule has 31 heavy (non-hydrogen) atoms. The molecule has 1 aromatic rings. The molecule has 0 saturated carbocycles. The van der Waals surface area contributed by atoms with Gasteiger partial charge in [0.25, 0.3) is 0 Å². The summed E-state index contributed by atoms with van der Waals surface area (Å²) in [5.41, 5.74) is -4.22. The fourth-order valence-corrected chi connectivity index (χ4v) is 2.42. The molecule has 2 rings (SSSR count). The number of hydrogen-bond donors (Lipinski definition) is 2. The maximum atomic E-state index is 12.9. The number of halogens is 7. The lowest BCUT2D eigenvalue weighted by molar-refractivity contribution is -0.150. The van der Waals surface area contributed by atoms with E-state index < -0.39 is 60.3 Å². The number of pyridine rings is 1. The zero-order valence-electron chi connectivity index (χ0n) is 17.3. The zero-order chi connectivity index (χ0) is 24.4.